The predicted molar refractivity (Wildman–Crippen MR) is 109 cm³/mol. The number of nitrogens with zero attached hydrogens (tertiary/aromatic N) is 3. The van der Waals surface area contributed by atoms with E-state index in [1.54, 1.807) is 18.3 Å². The van der Waals surface area contributed by atoms with Crippen LogP contribution in [0.4, 0.5) is 11.4 Å². The van der Waals surface area contributed by atoms with Crippen LogP contribution in [0, 0.1) is 24.0 Å². The van der Waals surface area contributed by atoms with Gasteiger partial charge in [-0.15, -0.1) is 11.3 Å². The Morgan fingerprint density at radius 3 is 2.78 bits per heavy atom. The number of aryl methyl sites for hydroxylation is 2. The first-order chi connectivity index (χ1) is 12.8. The Labute approximate surface area is 168 Å². The van der Waals surface area contributed by atoms with E-state index >= 15 is 0 Å². The summed E-state index contributed by atoms with van der Waals surface area (Å²) in [5.41, 5.74) is 1.31. The number of carbonyl (C=O) groups excluding carboxylic acids is 1. The summed E-state index contributed by atoms with van der Waals surface area (Å²) < 4.78 is 0. The number of thiophene rings is 1. The lowest BCUT2D eigenvalue weighted by Gasteiger charge is -2.13. The van der Waals surface area contributed by atoms with Gasteiger partial charge in [-0.25, -0.2) is 9.97 Å². The van der Waals surface area contributed by atoms with Gasteiger partial charge in [0.1, 0.15) is 16.2 Å². The van der Waals surface area contributed by atoms with Crippen LogP contribution in [0.15, 0.2) is 29.6 Å². The average Bonchev–Trinajstić information content (AvgIpc) is 2.91. The minimum Gasteiger partial charge on any atom is -0.324 e. The van der Waals surface area contributed by atoms with Gasteiger partial charge in [-0.2, -0.15) is 0 Å². The van der Waals surface area contributed by atoms with Gasteiger partial charge in [0.2, 0.25) is 5.91 Å². The van der Waals surface area contributed by atoms with E-state index in [0.717, 1.165) is 20.8 Å². The molecule has 0 spiro atoms. The van der Waals surface area contributed by atoms with Crippen molar-refractivity contribution in [1.29, 1.82) is 0 Å². The van der Waals surface area contributed by atoms with E-state index in [-0.39, 0.29) is 16.6 Å². The molecule has 0 aliphatic rings. The Hall–Kier alpha value is -2.23. The number of nitrogens with one attached hydrogen (secondary N) is 1. The predicted octanol–water partition coefficient (Wildman–Crippen LogP) is 4.99. The third-order valence-electron chi connectivity index (χ3n) is 4.01. The minimum absolute atomic E-state index is 0.114. The van der Waals surface area contributed by atoms with Crippen molar-refractivity contribution >= 4 is 62.2 Å². The number of hydrogen-bond acceptors (Lipinski definition) is 7. The number of carbonyl (C=O) groups is 1. The van der Waals surface area contributed by atoms with Crippen LogP contribution < -0.4 is 5.32 Å². The van der Waals surface area contributed by atoms with Gasteiger partial charge in [0, 0.05) is 22.4 Å². The molecule has 2 heterocycles. The lowest BCUT2D eigenvalue weighted by atomic mass is 10.2. The molecule has 7 nitrogen and oxygen atoms in total. The van der Waals surface area contributed by atoms with E-state index in [9.17, 15) is 14.9 Å². The lowest BCUT2D eigenvalue weighted by Crippen LogP contribution is -2.22. The third kappa shape index (κ3) is 4.05. The number of thioether (sulfide) groups is 1. The summed E-state index contributed by atoms with van der Waals surface area (Å²) in [5, 5.41) is 14.9. The van der Waals surface area contributed by atoms with E-state index in [4.69, 9.17) is 11.6 Å². The largest absolute Gasteiger partial charge is 0.324 e. The monoisotopic (exact) mass is 422 g/mol. The standard InChI is InChI=1S/C17H15ClN4O3S2/c1-8-9(2)26-16-14(8)17(20-7-19-16)27-10(3)15(23)21-13-5-4-11(22(24)25)6-12(13)18/h4-7,10H,1-3H3,(H,21,23). The number of amides is 1. The van der Waals surface area contributed by atoms with E-state index in [0.29, 0.717) is 5.69 Å². The molecule has 0 aliphatic carbocycles. The van der Waals surface area contributed by atoms with E-state index in [1.165, 1.54) is 41.2 Å². The third-order valence-corrected chi connectivity index (χ3v) is 6.54. The number of hydrogen-bond donors (Lipinski definition) is 1. The Morgan fingerprint density at radius 1 is 1.37 bits per heavy atom. The van der Waals surface area contributed by atoms with Crippen molar-refractivity contribution in [3.05, 3.63) is 50.1 Å². The summed E-state index contributed by atoms with van der Waals surface area (Å²) in [7, 11) is 0. The number of fused-ring (bicyclic) bond motifs is 1. The van der Waals surface area contributed by atoms with Crippen LogP contribution in [-0.4, -0.2) is 26.0 Å². The SMILES string of the molecule is Cc1sc2ncnc(SC(C)C(=O)Nc3ccc([N+](=O)[O-])cc3Cl)c2c1C. The van der Waals surface area contributed by atoms with E-state index in [1.807, 2.05) is 13.8 Å². The average molecular weight is 423 g/mol. The second-order valence-electron chi connectivity index (χ2n) is 5.81. The van der Waals surface area contributed by atoms with E-state index in [2.05, 4.69) is 15.3 Å². The number of aromatic nitrogens is 2. The Balaban J connectivity index is 1.78. The molecular formula is C17H15ClN4O3S2. The molecular weight excluding hydrogens is 408 g/mol. The summed E-state index contributed by atoms with van der Waals surface area (Å²) in [6.45, 7) is 5.81. The number of benzene rings is 1. The zero-order valence-corrected chi connectivity index (χ0v) is 17.0. The topological polar surface area (TPSA) is 98.0 Å². The molecule has 3 aromatic rings. The Morgan fingerprint density at radius 2 is 2.11 bits per heavy atom. The maximum atomic E-state index is 12.5. The van der Waals surface area contributed by atoms with Crippen molar-refractivity contribution in [2.24, 2.45) is 0 Å². The molecule has 3 rings (SSSR count). The van der Waals surface area contributed by atoms with E-state index < -0.39 is 10.2 Å². The van der Waals surface area contributed by atoms with Gasteiger partial charge in [-0.3, -0.25) is 14.9 Å². The second-order valence-corrected chi connectivity index (χ2v) is 8.75. The van der Waals surface area contributed by atoms with Crippen LogP contribution in [0.3, 0.4) is 0 Å². The Bertz CT molecular complexity index is 1050. The molecule has 1 amide bonds. The highest BCUT2D eigenvalue weighted by atomic mass is 35.5. The maximum absolute atomic E-state index is 12.5. The molecule has 0 radical (unpaired) electrons. The first kappa shape index (κ1) is 19.5. The molecule has 0 saturated heterocycles. The zero-order valence-electron chi connectivity index (χ0n) is 14.6. The number of rotatable bonds is 5. The van der Waals surface area contributed by atoms with Crippen molar-refractivity contribution < 1.29 is 9.72 Å². The van der Waals surface area contributed by atoms with Gasteiger partial charge in [0.25, 0.3) is 5.69 Å². The molecule has 1 aromatic carbocycles. The molecule has 27 heavy (non-hydrogen) atoms. The molecule has 0 bridgehead atoms. The van der Waals surface area contributed by atoms with Crippen LogP contribution in [0.5, 0.6) is 0 Å². The highest BCUT2D eigenvalue weighted by Gasteiger charge is 2.20. The van der Waals surface area contributed by atoms with Gasteiger partial charge in [0.05, 0.1) is 20.9 Å². The summed E-state index contributed by atoms with van der Waals surface area (Å²) >= 11 is 8.97. The fraction of sp³-hybridized carbons (Fsp3) is 0.235. The number of halogens is 1. The van der Waals surface area contributed by atoms with Crippen molar-refractivity contribution in [2.75, 3.05) is 5.32 Å². The number of nitro benzene ring substituents is 1. The molecule has 0 saturated carbocycles. The van der Waals surface area contributed by atoms with Crippen LogP contribution >= 0.6 is 34.7 Å². The first-order valence-corrected chi connectivity index (χ1v) is 9.97. The molecule has 0 fully saturated rings. The van der Waals surface area contributed by atoms with Crippen LogP contribution in [-0.2, 0) is 4.79 Å². The fourth-order valence-corrected chi connectivity index (χ4v) is 4.67. The molecule has 1 atom stereocenters. The first-order valence-electron chi connectivity index (χ1n) is 7.90. The smallest absolute Gasteiger partial charge is 0.271 e. The summed E-state index contributed by atoms with van der Waals surface area (Å²) in [6, 6.07) is 3.93. The second kappa shape index (κ2) is 7.79. The quantitative estimate of drug-likeness (QED) is 0.269. The van der Waals surface area contributed by atoms with Crippen LogP contribution in [0.2, 0.25) is 5.02 Å². The summed E-state index contributed by atoms with van der Waals surface area (Å²) in [6.07, 6.45) is 1.50. The minimum atomic E-state index is -0.540. The fourth-order valence-electron chi connectivity index (χ4n) is 2.41. The lowest BCUT2D eigenvalue weighted by molar-refractivity contribution is -0.384. The highest BCUT2D eigenvalue weighted by molar-refractivity contribution is 8.00. The van der Waals surface area contributed by atoms with Gasteiger partial charge in [-0.1, -0.05) is 23.4 Å². The van der Waals surface area contributed by atoms with Crippen molar-refractivity contribution in [1.82, 2.24) is 9.97 Å². The van der Waals surface area contributed by atoms with Crippen LogP contribution in [0.1, 0.15) is 17.4 Å². The molecule has 10 heteroatoms. The number of nitro groups is 1. The number of anilines is 1. The molecule has 1 N–H and O–H groups in total. The van der Waals surface area contributed by atoms with Gasteiger partial charge in [-0.05, 0) is 32.4 Å². The van der Waals surface area contributed by atoms with Crippen molar-refractivity contribution in [2.45, 2.75) is 31.0 Å². The highest BCUT2D eigenvalue weighted by Crippen LogP contribution is 2.36. The van der Waals surface area contributed by atoms with Gasteiger partial charge < -0.3 is 5.32 Å². The molecule has 140 valence electrons. The van der Waals surface area contributed by atoms with Crippen molar-refractivity contribution in [3.8, 4) is 0 Å². The van der Waals surface area contributed by atoms with Gasteiger partial charge >= 0.3 is 0 Å². The number of non-ortho nitro benzene ring substituents is 1. The van der Waals surface area contributed by atoms with Crippen LogP contribution in [0.25, 0.3) is 10.2 Å². The van der Waals surface area contributed by atoms with Gasteiger partial charge in [0.15, 0.2) is 0 Å². The zero-order chi connectivity index (χ0) is 19.7. The van der Waals surface area contributed by atoms with Crippen molar-refractivity contribution in [3.63, 3.8) is 0 Å². The summed E-state index contributed by atoms with van der Waals surface area (Å²) in [4.78, 5) is 33.5. The molecule has 1 unspecified atom stereocenters. The molecule has 0 aliphatic heterocycles. The normalized spacial score (nSPS) is 12.1. The molecule has 2 aromatic heterocycles. The summed E-state index contributed by atoms with van der Waals surface area (Å²) in [5.74, 6) is -0.271. The Kier molecular flexibility index (Phi) is 5.64. The maximum Gasteiger partial charge on any atom is 0.271 e.